The van der Waals surface area contributed by atoms with Crippen molar-refractivity contribution in [2.75, 3.05) is 31.3 Å². The van der Waals surface area contributed by atoms with E-state index in [-0.39, 0.29) is 10.8 Å². The van der Waals surface area contributed by atoms with Crippen LogP contribution in [-0.2, 0) is 16.4 Å². The number of nitrogens with zero attached hydrogens (tertiary/aromatic N) is 3. The summed E-state index contributed by atoms with van der Waals surface area (Å²) in [5.41, 5.74) is 3.05. The Morgan fingerprint density at radius 3 is 2.73 bits per heavy atom. The lowest BCUT2D eigenvalue weighted by atomic mass is 9.96. The summed E-state index contributed by atoms with van der Waals surface area (Å²) in [6, 6.07) is 8.20. The number of nitrogens with one attached hydrogen (secondary N) is 1. The van der Waals surface area contributed by atoms with Gasteiger partial charge in [-0.25, -0.2) is 18.4 Å². The lowest BCUT2D eigenvalue weighted by Gasteiger charge is -2.25. The van der Waals surface area contributed by atoms with E-state index in [4.69, 9.17) is 0 Å². The van der Waals surface area contributed by atoms with Gasteiger partial charge in [0.05, 0.1) is 11.9 Å². The first-order valence-electron chi connectivity index (χ1n) is 8.89. The predicted octanol–water partition coefficient (Wildman–Crippen LogP) is 2.29. The van der Waals surface area contributed by atoms with Crippen LogP contribution in [0.1, 0.15) is 35.6 Å². The van der Waals surface area contributed by atoms with Crippen molar-refractivity contribution < 1.29 is 8.42 Å². The van der Waals surface area contributed by atoms with Gasteiger partial charge in [0.15, 0.2) is 9.84 Å². The van der Waals surface area contributed by atoms with Gasteiger partial charge in [0.25, 0.3) is 0 Å². The molecule has 0 radical (unpaired) electrons. The van der Waals surface area contributed by atoms with Gasteiger partial charge in [-0.15, -0.1) is 0 Å². The quantitative estimate of drug-likeness (QED) is 0.865. The molecule has 0 spiro atoms. The van der Waals surface area contributed by atoms with Crippen LogP contribution in [0.2, 0.25) is 0 Å². The molecule has 7 heteroatoms. The molecule has 1 aliphatic heterocycles. The van der Waals surface area contributed by atoms with Gasteiger partial charge in [-0.1, -0.05) is 24.3 Å². The highest BCUT2D eigenvalue weighted by molar-refractivity contribution is 7.90. The molecular formula is C19H26N4O2S. The summed E-state index contributed by atoms with van der Waals surface area (Å²) in [6.45, 7) is 4.47. The molecule has 0 unspecified atom stereocenters. The number of benzene rings is 1. The van der Waals surface area contributed by atoms with E-state index in [9.17, 15) is 8.42 Å². The van der Waals surface area contributed by atoms with Crippen molar-refractivity contribution in [3.05, 3.63) is 47.3 Å². The SMILES string of the molecule is Cc1ccccc1CN(C)c1ncc(S(C)(=O)=O)c([C@H]2CCCNC2)n1. The summed E-state index contributed by atoms with van der Waals surface area (Å²) in [4.78, 5) is 11.2. The van der Waals surface area contributed by atoms with Gasteiger partial charge in [-0.3, -0.25) is 0 Å². The lowest BCUT2D eigenvalue weighted by Crippen LogP contribution is -2.30. The maximum absolute atomic E-state index is 12.2. The summed E-state index contributed by atoms with van der Waals surface area (Å²) in [5.74, 6) is 0.656. The van der Waals surface area contributed by atoms with Crippen LogP contribution in [-0.4, -0.2) is 44.8 Å². The van der Waals surface area contributed by atoms with E-state index in [0.717, 1.165) is 25.9 Å². The van der Waals surface area contributed by atoms with Crippen molar-refractivity contribution in [2.45, 2.75) is 37.1 Å². The van der Waals surface area contributed by atoms with E-state index < -0.39 is 9.84 Å². The minimum atomic E-state index is -3.36. The highest BCUT2D eigenvalue weighted by Crippen LogP contribution is 2.28. The zero-order valence-electron chi connectivity index (χ0n) is 15.6. The molecule has 2 aromatic rings. The molecule has 0 bridgehead atoms. The molecule has 0 amide bonds. The number of sulfone groups is 1. The number of anilines is 1. The number of rotatable bonds is 5. The Hall–Kier alpha value is -1.99. The average molecular weight is 375 g/mol. The number of hydrogen-bond donors (Lipinski definition) is 1. The van der Waals surface area contributed by atoms with Crippen LogP contribution in [0.4, 0.5) is 5.95 Å². The number of aromatic nitrogens is 2. The second-order valence-corrected chi connectivity index (χ2v) is 9.00. The molecule has 1 saturated heterocycles. The van der Waals surface area contributed by atoms with Crippen molar-refractivity contribution in [1.29, 1.82) is 0 Å². The summed E-state index contributed by atoms with van der Waals surface area (Å²) < 4.78 is 24.4. The topological polar surface area (TPSA) is 75.2 Å². The molecule has 1 atom stereocenters. The summed E-state index contributed by atoms with van der Waals surface area (Å²) in [7, 11) is -1.43. The van der Waals surface area contributed by atoms with Crippen LogP contribution in [0, 0.1) is 6.92 Å². The van der Waals surface area contributed by atoms with Crippen LogP contribution < -0.4 is 10.2 Å². The van der Waals surface area contributed by atoms with Gasteiger partial charge >= 0.3 is 0 Å². The maximum atomic E-state index is 12.2. The molecule has 1 aromatic carbocycles. The van der Waals surface area contributed by atoms with Crippen molar-refractivity contribution in [3.63, 3.8) is 0 Å². The van der Waals surface area contributed by atoms with E-state index in [2.05, 4.69) is 34.3 Å². The fraction of sp³-hybridized carbons (Fsp3) is 0.474. The third kappa shape index (κ3) is 4.22. The highest BCUT2D eigenvalue weighted by Gasteiger charge is 2.26. The van der Waals surface area contributed by atoms with Crippen molar-refractivity contribution in [2.24, 2.45) is 0 Å². The first kappa shape index (κ1) is 18.8. The molecule has 2 heterocycles. The third-order valence-electron chi connectivity index (χ3n) is 4.86. The molecule has 0 saturated carbocycles. The van der Waals surface area contributed by atoms with Crippen molar-refractivity contribution in [3.8, 4) is 0 Å². The van der Waals surface area contributed by atoms with E-state index in [0.29, 0.717) is 18.2 Å². The second-order valence-electron chi connectivity index (χ2n) is 7.02. The molecule has 0 aliphatic carbocycles. The Morgan fingerprint density at radius 1 is 1.31 bits per heavy atom. The fourth-order valence-corrected chi connectivity index (χ4v) is 4.17. The van der Waals surface area contributed by atoms with Crippen molar-refractivity contribution in [1.82, 2.24) is 15.3 Å². The number of hydrogen-bond acceptors (Lipinski definition) is 6. The van der Waals surface area contributed by atoms with Gasteiger partial charge in [0.2, 0.25) is 5.95 Å². The first-order chi connectivity index (χ1) is 12.4. The Labute approximate surface area is 155 Å². The minimum Gasteiger partial charge on any atom is -0.340 e. The Kier molecular flexibility index (Phi) is 5.58. The van der Waals surface area contributed by atoms with Crippen LogP contribution in [0.3, 0.4) is 0 Å². The van der Waals surface area contributed by atoms with Crippen LogP contribution >= 0.6 is 0 Å². The van der Waals surface area contributed by atoms with Gasteiger partial charge in [-0.05, 0) is 37.4 Å². The standard InChI is InChI=1S/C19H26N4O2S/c1-14-7-4-5-8-16(14)13-23(2)19-21-12-17(26(3,24)25)18(22-19)15-9-6-10-20-11-15/h4-5,7-8,12,15,20H,6,9-11,13H2,1-3H3/t15-/m0/s1. The zero-order valence-corrected chi connectivity index (χ0v) is 16.4. The molecular weight excluding hydrogens is 348 g/mol. The Bertz CT molecular complexity index is 877. The molecule has 140 valence electrons. The monoisotopic (exact) mass is 374 g/mol. The van der Waals surface area contributed by atoms with Gasteiger partial charge in [0, 0.05) is 32.3 Å². The number of piperidine rings is 1. The van der Waals surface area contributed by atoms with Crippen LogP contribution in [0.5, 0.6) is 0 Å². The van der Waals surface area contributed by atoms with Gasteiger partial charge in [0.1, 0.15) is 4.90 Å². The number of aryl methyl sites for hydroxylation is 1. The molecule has 1 fully saturated rings. The maximum Gasteiger partial charge on any atom is 0.225 e. The van der Waals surface area contributed by atoms with E-state index in [1.807, 2.05) is 24.1 Å². The second kappa shape index (κ2) is 7.72. The van der Waals surface area contributed by atoms with Crippen LogP contribution in [0.15, 0.2) is 35.4 Å². The van der Waals surface area contributed by atoms with E-state index in [1.165, 1.54) is 23.6 Å². The van der Waals surface area contributed by atoms with Crippen molar-refractivity contribution >= 4 is 15.8 Å². The summed E-state index contributed by atoms with van der Waals surface area (Å²) >= 11 is 0. The molecule has 26 heavy (non-hydrogen) atoms. The lowest BCUT2D eigenvalue weighted by molar-refractivity contribution is 0.447. The Balaban J connectivity index is 1.94. The summed E-state index contributed by atoms with van der Waals surface area (Å²) in [6.07, 6.45) is 4.65. The molecule has 6 nitrogen and oxygen atoms in total. The highest BCUT2D eigenvalue weighted by atomic mass is 32.2. The predicted molar refractivity (Wildman–Crippen MR) is 103 cm³/mol. The third-order valence-corrected chi connectivity index (χ3v) is 5.98. The van der Waals surface area contributed by atoms with Crippen LogP contribution in [0.25, 0.3) is 0 Å². The average Bonchev–Trinajstić information content (AvgIpc) is 2.63. The Morgan fingerprint density at radius 2 is 2.08 bits per heavy atom. The normalized spacial score (nSPS) is 17.9. The molecule has 1 aromatic heterocycles. The summed E-state index contributed by atoms with van der Waals surface area (Å²) in [5, 5.41) is 3.34. The van der Waals surface area contributed by atoms with E-state index >= 15 is 0 Å². The fourth-order valence-electron chi connectivity index (χ4n) is 3.34. The zero-order chi connectivity index (χ0) is 18.7. The van der Waals surface area contributed by atoms with E-state index in [1.54, 1.807) is 0 Å². The first-order valence-corrected chi connectivity index (χ1v) is 10.8. The van der Waals surface area contributed by atoms with Gasteiger partial charge < -0.3 is 10.2 Å². The molecule has 3 rings (SSSR count). The molecule has 1 aliphatic rings. The largest absolute Gasteiger partial charge is 0.340 e. The molecule has 1 N–H and O–H groups in total. The smallest absolute Gasteiger partial charge is 0.225 e. The minimum absolute atomic E-state index is 0.0992. The van der Waals surface area contributed by atoms with Gasteiger partial charge in [-0.2, -0.15) is 0 Å².